The third-order valence-corrected chi connectivity index (χ3v) is 4.53. The SMILES string of the molecule is CS(=O)C1CC(OCc2ccccc2)CCC1=O. The lowest BCUT2D eigenvalue weighted by molar-refractivity contribution is -0.122. The first kappa shape index (κ1) is 13.4. The van der Waals surface area contributed by atoms with E-state index in [1.54, 1.807) is 6.26 Å². The van der Waals surface area contributed by atoms with E-state index < -0.39 is 10.8 Å². The van der Waals surface area contributed by atoms with Crippen molar-refractivity contribution in [3.8, 4) is 0 Å². The molecule has 0 radical (unpaired) electrons. The molecule has 0 aliphatic heterocycles. The maximum atomic E-state index is 11.6. The zero-order valence-corrected chi connectivity index (χ0v) is 11.3. The van der Waals surface area contributed by atoms with Crippen LogP contribution in [0.4, 0.5) is 0 Å². The predicted molar refractivity (Wildman–Crippen MR) is 71.7 cm³/mol. The second-order valence-corrected chi connectivity index (χ2v) is 6.21. The summed E-state index contributed by atoms with van der Waals surface area (Å²) in [5, 5.41) is -0.334. The van der Waals surface area contributed by atoms with Crippen molar-refractivity contribution in [2.75, 3.05) is 6.26 Å². The second kappa shape index (κ2) is 6.25. The van der Waals surface area contributed by atoms with Gasteiger partial charge in [0.1, 0.15) is 5.78 Å². The molecule has 3 unspecified atom stereocenters. The summed E-state index contributed by atoms with van der Waals surface area (Å²) in [5.74, 6) is 0.121. The maximum absolute atomic E-state index is 11.6. The zero-order chi connectivity index (χ0) is 13.0. The molecule has 1 saturated carbocycles. The first-order valence-electron chi connectivity index (χ1n) is 6.17. The Balaban J connectivity index is 1.87. The minimum atomic E-state index is -1.08. The predicted octanol–water partition coefficient (Wildman–Crippen LogP) is 2.07. The molecule has 0 N–H and O–H groups in total. The molecule has 2 rings (SSSR count). The Kier molecular flexibility index (Phi) is 4.66. The van der Waals surface area contributed by atoms with Gasteiger partial charge in [-0.25, -0.2) is 0 Å². The molecule has 18 heavy (non-hydrogen) atoms. The number of hydrogen-bond donors (Lipinski definition) is 0. The van der Waals surface area contributed by atoms with E-state index in [0.717, 1.165) is 12.0 Å². The summed E-state index contributed by atoms with van der Waals surface area (Å²) in [5.41, 5.74) is 1.13. The quantitative estimate of drug-likeness (QED) is 0.838. The maximum Gasteiger partial charge on any atom is 0.148 e. The highest BCUT2D eigenvalue weighted by Gasteiger charge is 2.31. The number of ether oxygens (including phenoxy) is 1. The van der Waals surface area contributed by atoms with E-state index in [1.165, 1.54) is 0 Å². The van der Waals surface area contributed by atoms with Crippen LogP contribution in [0.15, 0.2) is 30.3 Å². The van der Waals surface area contributed by atoms with Crippen molar-refractivity contribution in [2.45, 2.75) is 37.2 Å². The number of ketones is 1. The highest BCUT2D eigenvalue weighted by Crippen LogP contribution is 2.22. The third kappa shape index (κ3) is 3.50. The van der Waals surface area contributed by atoms with E-state index in [0.29, 0.717) is 19.4 Å². The van der Waals surface area contributed by atoms with E-state index in [1.807, 2.05) is 30.3 Å². The molecule has 1 fully saturated rings. The van der Waals surface area contributed by atoms with Crippen LogP contribution in [0.3, 0.4) is 0 Å². The van der Waals surface area contributed by atoms with Crippen molar-refractivity contribution >= 4 is 16.6 Å². The zero-order valence-electron chi connectivity index (χ0n) is 10.5. The first-order chi connectivity index (χ1) is 8.66. The molecule has 3 nitrogen and oxygen atoms in total. The Hall–Kier alpha value is -1.00. The van der Waals surface area contributed by atoms with E-state index in [4.69, 9.17) is 4.74 Å². The van der Waals surface area contributed by atoms with Crippen LogP contribution in [-0.2, 0) is 26.9 Å². The van der Waals surface area contributed by atoms with E-state index >= 15 is 0 Å². The van der Waals surface area contributed by atoms with E-state index in [9.17, 15) is 9.00 Å². The van der Waals surface area contributed by atoms with Gasteiger partial charge in [-0.2, -0.15) is 0 Å². The number of hydrogen-bond acceptors (Lipinski definition) is 3. The smallest absolute Gasteiger partial charge is 0.148 e. The van der Waals surface area contributed by atoms with Gasteiger partial charge < -0.3 is 4.74 Å². The van der Waals surface area contributed by atoms with Crippen molar-refractivity contribution in [3.05, 3.63) is 35.9 Å². The van der Waals surface area contributed by atoms with Crippen molar-refractivity contribution < 1.29 is 13.7 Å². The lowest BCUT2D eigenvalue weighted by atomic mass is 9.96. The van der Waals surface area contributed by atoms with Crippen LogP contribution in [0.2, 0.25) is 0 Å². The second-order valence-electron chi connectivity index (χ2n) is 4.65. The normalized spacial score (nSPS) is 25.9. The molecule has 0 aromatic heterocycles. The standard InChI is InChI=1S/C14H18O3S/c1-18(16)14-9-12(7-8-13(14)15)17-10-11-5-3-2-4-6-11/h2-6,12,14H,7-10H2,1H3. The molecule has 0 saturated heterocycles. The summed E-state index contributed by atoms with van der Waals surface area (Å²) in [6.45, 7) is 0.558. The van der Waals surface area contributed by atoms with Crippen LogP contribution in [0.25, 0.3) is 0 Å². The van der Waals surface area contributed by atoms with Crippen LogP contribution < -0.4 is 0 Å². The van der Waals surface area contributed by atoms with Gasteiger partial charge in [-0.15, -0.1) is 0 Å². The average Bonchev–Trinajstić information content (AvgIpc) is 2.38. The van der Waals surface area contributed by atoms with Crippen molar-refractivity contribution in [1.29, 1.82) is 0 Å². The minimum absolute atomic E-state index is 0.0526. The largest absolute Gasteiger partial charge is 0.373 e. The monoisotopic (exact) mass is 266 g/mol. The van der Waals surface area contributed by atoms with Crippen molar-refractivity contribution in [2.24, 2.45) is 0 Å². The molecular weight excluding hydrogens is 248 g/mol. The summed E-state index contributed by atoms with van der Waals surface area (Å²) in [4.78, 5) is 11.6. The van der Waals surface area contributed by atoms with Crippen LogP contribution in [0, 0.1) is 0 Å². The molecule has 4 heteroatoms. The van der Waals surface area contributed by atoms with Gasteiger partial charge in [0.2, 0.25) is 0 Å². The number of rotatable bonds is 4. The minimum Gasteiger partial charge on any atom is -0.373 e. The third-order valence-electron chi connectivity index (χ3n) is 3.28. The molecule has 1 aromatic carbocycles. The van der Waals surface area contributed by atoms with Gasteiger partial charge in [-0.05, 0) is 18.4 Å². The Bertz CT molecular complexity index is 430. The van der Waals surface area contributed by atoms with Gasteiger partial charge >= 0.3 is 0 Å². The van der Waals surface area contributed by atoms with Crippen LogP contribution in [-0.4, -0.2) is 27.6 Å². The van der Waals surface area contributed by atoms with Gasteiger partial charge in [-0.1, -0.05) is 30.3 Å². The summed E-state index contributed by atoms with van der Waals surface area (Å²) in [6.07, 6.45) is 3.48. The fraction of sp³-hybridized carbons (Fsp3) is 0.500. The van der Waals surface area contributed by atoms with Crippen LogP contribution in [0.1, 0.15) is 24.8 Å². The molecule has 0 spiro atoms. The highest BCUT2D eigenvalue weighted by molar-refractivity contribution is 7.85. The Morgan fingerprint density at radius 2 is 2.06 bits per heavy atom. The Morgan fingerprint density at radius 1 is 1.33 bits per heavy atom. The first-order valence-corrected chi connectivity index (χ1v) is 7.79. The van der Waals surface area contributed by atoms with Crippen LogP contribution in [0.5, 0.6) is 0 Å². The number of Topliss-reactive ketones (excluding diaryl/α,β-unsaturated/α-hetero) is 1. The molecule has 3 atom stereocenters. The highest BCUT2D eigenvalue weighted by atomic mass is 32.2. The topological polar surface area (TPSA) is 43.4 Å². The molecule has 1 aliphatic carbocycles. The summed E-state index contributed by atoms with van der Waals surface area (Å²) in [6, 6.07) is 9.96. The summed E-state index contributed by atoms with van der Waals surface area (Å²) < 4.78 is 17.3. The van der Waals surface area contributed by atoms with Crippen LogP contribution >= 0.6 is 0 Å². The molecule has 0 bridgehead atoms. The number of carbonyl (C=O) groups is 1. The van der Waals surface area contributed by atoms with Gasteiger partial charge in [0.05, 0.1) is 18.0 Å². The molecule has 0 amide bonds. The summed E-state index contributed by atoms with van der Waals surface area (Å²) >= 11 is 0. The molecule has 0 heterocycles. The molecular formula is C14H18O3S. The molecule has 1 aliphatic rings. The fourth-order valence-electron chi connectivity index (χ4n) is 2.21. The number of carbonyl (C=O) groups excluding carboxylic acids is 1. The lowest BCUT2D eigenvalue weighted by Gasteiger charge is -2.26. The number of benzene rings is 1. The average molecular weight is 266 g/mol. The van der Waals surface area contributed by atoms with Gasteiger partial charge in [0.25, 0.3) is 0 Å². The Morgan fingerprint density at radius 3 is 2.72 bits per heavy atom. The fourth-order valence-corrected chi connectivity index (χ4v) is 3.19. The molecule has 1 aromatic rings. The van der Waals surface area contributed by atoms with Gasteiger partial charge in [0, 0.05) is 23.5 Å². The molecule has 98 valence electrons. The van der Waals surface area contributed by atoms with Crippen molar-refractivity contribution in [1.82, 2.24) is 0 Å². The summed E-state index contributed by atoms with van der Waals surface area (Å²) in [7, 11) is -1.08. The van der Waals surface area contributed by atoms with Crippen molar-refractivity contribution in [3.63, 3.8) is 0 Å². The van der Waals surface area contributed by atoms with Gasteiger partial charge in [-0.3, -0.25) is 9.00 Å². The van der Waals surface area contributed by atoms with Gasteiger partial charge in [0.15, 0.2) is 0 Å². The van der Waals surface area contributed by atoms with E-state index in [-0.39, 0.29) is 17.1 Å². The lowest BCUT2D eigenvalue weighted by Crippen LogP contribution is -2.36. The van der Waals surface area contributed by atoms with E-state index in [2.05, 4.69) is 0 Å². The Labute approximate surface area is 110 Å².